The zero-order valence-electron chi connectivity index (χ0n) is 13.7. The summed E-state index contributed by atoms with van der Waals surface area (Å²) in [5.74, 6) is -0.513. The number of thioether (sulfide) groups is 1. The first-order chi connectivity index (χ1) is 12.8. The Kier molecular flexibility index (Phi) is 5.52. The Labute approximate surface area is 161 Å². The number of pyridine rings is 1. The van der Waals surface area contributed by atoms with E-state index in [1.807, 2.05) is 0 Å². The maximum atomic E-state index is 13.2. The van der Waals surface area contributed by atoms with E-state index in [2.05, 4.69) is 15.2 Å². The summed E-state index contributed by atoms with van der Waals surface area (Å²) in [6.45, 7) is 1.42. The zero-order chi connectivity index (χ0) is 19.6. The molecular formula is C17H11ClF3N3O2S. The first-order valence-electron chi connectivity index (χ1n) is 7.54. The van der Waals surface area contributed by atoms with Crippen LogP contribution in [0.3, 0.4) is 0 Å². The van der Waals surface area contributed by atoms with Crippen LogP contribution in [0.2, 0.25) is 5.02 Å². The Bertz CT molecular complexity index is 974. The van der Waals surface area contributed by atoms with Gasteiger partial charge in [0.25, 0.3) is 11.1 Å². The van der Waals surface area contributed by atoms with Gasteiger partial charge < -0.3 is 4.42 Å². The van der Waals surface area contributed by atoms with Crippen LogP contribution in [0.15, 0.2) is 46.2 Å². The molecule has 0 N–H and O–H groups in total. The predicted octanol–water partition coefficient (Wildman–Crippen LogP) is 5.09. The fraction of sp³-hybridized carbons (Fsp3) is 0.176. The lowest BCUT2D eigenvalue weighted by Crippen LogP contribution is -2.09. The van der Waals surface area contributed by atoms with Crippen molar-refractivity contribution in [1.82, 2.24) is 15.2 Å². The van der Waals surface area contributed by atoms with Crippen molar-refractivity contribution in [1.29, 1.82) is 0 Å². The zero-order valence-corrected chi connectivity index (χ0v) is 15.3. The summed E-state index contributed by atoms with van der Waals surface area (Å²) in [6.07, 6.45) is -3.52. The van der Waals surface area contributed by atoms with E-state index in [4.69, 9.17) is 16.0 Å². The third kappa shape index (κ3) is 4.48. The Balaban J connectivity index is 1.78. The van der Waals surface area contributed by atoms with Crippen molar-refractivity contribution in [2.75, 3.05) is 5.75 Å². The molecule has 0 aliphatic heterocycles. The molecule has 140 valence electrons. The molecule has 5 nitrogen and oxygen atoms in total. The highest BCUT2D eigenvalue weighted by Crippen LogP contribution is 2.38. The van der Waals surface area contributed by atoms with E-state index in [1.165, 1.54) is 6.92 Å². The first kappa shape index (κ1) is 19.4. The highest BCUT2D eigenvalue weighted by atomic mass is 35.5. The van der Waals surface area contributed by atoms with E-state index in [-0.39, 0.29) is 33.9 Å². The maximum absolute atomic E-state index is 13.2. The highest BCUT2D eigenvalue weighted by Gasteiger charge is 2.36. The molecule has 2 heterocycles. The predicted molar refractivity (Wildman–Crippen MR) is 93.8 cm³/mol. The van der Waals surface area contributed by atoms with Gasteiger partial charge in [-0.1, -0.05) is 23.4 Å². The molecule has 10 heteroatoms. The number of aryl methyl sites for hydroxylation is 1. The molecule has 1 aromatic carbocycles. The molecule has 0 amide bonds. The molecule has 0 saturated heterocycles. The lowest BCUT2D eigenvalue weighted by atomic mass is 10.1. The number of Topliss-reactive ketones (excluding diaryl/α,β-unsaturated/α-hetero) is 1. The van der Waals surface area contributed by atoms with Crippen LogP contribution in [0.25, 0.3) is 11.5 Å². The highest BCUT2D eigenvalue weighted by molar-refractivity contribution is 7.99. The second-order valence-corrected chi connectivity index (χ2v) is 6.77. The second kappa shape index (κ2) is 7.69. The average molecular weight is 414 g/mol. The van der Waals surface area contributed by atoms with Crippen LogP contribution in [-0.4, -0.2) is 26.7 Å². The van der Waals surface area contributed by atoms with E-state index in [9.17, 15) is 18.0 Å². The molecule has 0 saturated carbocycles. The van der Waals surface area contributed by atoms with E-state index in [0.29, 0.717) is 10.6 Å². The van der Waals surface area contributed by atoms with Gasteiger partial charge in [-0.05, 0) is 37.3 Å². The van der Waals surface area contributed by atoms with Crippen LogP contribution in [0, 0.1) is 6.92 Å². The van der Waals surface area contributed by atoms with E-state index >= 15 is 0 Å². The van der Waals surface area contributed by atoms with Crippen molar-refractivity contribution >= 4 is 29.1 Å². The van der Waals surface area contributed by atoms with Gasteiger partial charge in [0.05, 0.1) is 22.6 Å². The van der Waals surface area contributed by atoms with Gasteiger partial charge in [-0.3, -0.25) is 9.78 Å². The third-order valence-electron chi connectivity index (χ3n) is 3.56. The number of alkyl halides is 3. The van der Waals surface area contributed by atoms with Crippen molar-refractivity contribution in [2.24, 2.45) is 0 Å². The van der Waals surface area contributed by atoms with Crippen LogP contribution in [0.1, 0.15) is 21.6 Å². The number of carbonyl (C=O) groups is 1. The standard InChI is InChI=1S/C17H11ClF3N3O2S/c1-9-14(12(6-7-22-9)17(19,20)21)15-23-24-16(26-15)27-8-13(25)10-2-4-11(18)5-3-10/h2-7H,8H2,1H3. The summed E-state index contributed by atoms with van der Waals surface area (Å²) in [4.78, 5) is 16.0. The molecule has 0 bridgehead atoms. The van der Waals surface area contributed by atoms with Gasteiger partial charge in [-0.15, -0.1) is 10.2 Å². The summed E-state index contributed by atoms with van der Waals surface area (Å²) in [5, 5.41) is 7.89. The molecule has 0 aliphatic carbocycles. The van der Waals surface area contributed by atoms with Gasteiger partial charge in [0.1, 0.15) is 0 Å². The third-order valence-corrected chi connectivity index (χ3v) is 4.63. The smallest absolute Gasteiger partial charge is 0.411 e. The fourth-order valence-corrected chi connectivity index (χ4v) is 3.07. The minimum absolute atomic E-state index is 0.0105. The van der Waals surface area contributed by atoms with Gasteiger partial charge in [0, 0.05) is 16.8 Å². The number of hydrogen-bond donors (Lipinski definition) is 0. The van der Waals surface area contributed by atoms with Gasteiger partial charge in [-0.2, -0.15) is 13.2 Å². The number of aromatic nitrogens is 3. The van der Waals surface area contributed by atoms with E-state index < -0.39 is 11.7 Å². The Morgan fingerprint density at radius 3 is 2.56 bits per heavy atom. The Morgan fingerprint density at radius 2 is 1.89 bits per heavy atom. The Morgan fingerprint density at radius 1 is 1.19 bits per heavy atom. The lowest BCUT2D eigenvalue weighted by Gasteiger charge is -2.11. The molecule has 3 rings (SSSR count). The SMILES string of the molecule is Cc1nccc(C(F)(F)F)c1-c1nnc(SCC(=O)c2ccc(Cl)cc2)o1. The average Bonchev–Trinajstić information content (AvgIpc) is 3.08. The van der Waals surface area contributed by atoms with Gasteiger partial charge in [-0.25, -0.2) is 0 Å². The van der Waals surface area contributed by atoms with Crippen LogP contribution in [-0.2, 0) is 6.18 Å². The van der Waals surface area contributed by atoms with Crippen LogP contribution < -0.4 is 0 Å². The second-order valence-electron chi connectivity index (χ2n) is 5.41. The largest absolute Gasteiger partial charge is 0.417 e. The fourth-order valence-electron chi connectivity index (χ4n) is 2.29. The molecule has 0 aliphatic rings. The molecule has 0 fully saturated rings. The summed E-state index contributed by atoms with van der Waals surface area (Å²) in [7, 11) is 0. The van der Waals surface area contributed by atoms with Crippen LogP contribution in [0.5, 0.6) is 0 Å². The normalized spacial score (nSPS) is 11.6. The van der Waals surface area contributed by atoms with Gasteiger partial charge >= 0.3 is 6.18 Å². The molecule has 0 spiro atoms. The number of carbonyl (C=O) groups excluding carboxylic acids is 1. The van der Waals surface area contributed by atoms with Crippen molar-refractivity contribution in [3.8, 4) is 11.5 Å². The number of benzene rings is 1. The number of hydrogen-bond acceptors (Lipinski definition) is 6. The topological polar surface area (TPSA) is 68.9 Å². The van der Waals surface area contributed by atoms with Crippen LogP contribution in [0.4, 0.5) is 13.2 Å². The number of halogens is 4. The quantitative estimate of drug-likeness (QED) is 0.429. The van der Waals surface area contributed by atoms with Crippen molar-refractivity contribution in [3.05, 3.63) is 58.4 Å². The van der Waals surface area contributed by atoms with Gasteiger partial charge in [0.15, 0.2) is 5.78 Å². The van der Waals surface area contributed by atoms with Crippen LogP contribution >= 0.6 is 23.4 Å². The maximum Gasteiger partial charge on any atom is 0.417 e. The van der Waals surface area contributed by atoms with Crippen molar-refractivity contribution in [3.63, 3.8) is 0 Å². The number of nitrogens with zero attached hydrogens (tertiary/aromatic N) is 3. The number of ketones is 1. The molecular weight excluding hydrogens is 403 g/mol. The Hall–Kier alpha value is -2.39. The number of rotatable bonds is 5. The minimum atomic E-state index is -4.59. The van der Waals surface area contributed by atoms with Crippen molar-refractivity contribution < 1.29 is 22.4 Å². The van der Waals surface area contributed by atoms with Crippen molar-refractivity contribution in [2.45, 2.75) is 18.3 Å². The summed E-state index contributed by atoms with van der Waals surface area (Å²) in [6, 6.07) is 7.20. The molecule has 0 unspecified atom stereocenters. The summed E-state index contributed by atoms with van der Waals surface area (Å²) >= 11 is 6.71. The molecule has 3 aromatic rings. The molecule has 2 aromatic heterocycles. The monoisotopic (exact) mass is 413 g/mol. The minimum Gasteiger partial charge on any atom is -0.411 e. The summed E-state index contributed by atoms with van der Waals surface area (Å²) in [5.41, 5.74) is -0.614. The molecule has 0 atom stereocenters. The molecule has 27 heavy (non-hydrogen) atoms. The molecule has 0 radical (unpaired) electrons. The lowest BCUT2D eigenvalue weighted by molar-refractivity contribution is -0.137. The van der Waals surface area contributed by atoms with E-state index in [0.717, 1.165) is 24.0 Å². The van der Waals surface area contributed by atoms with Gasteiger partial charge in [0.2, 0.25) is 0 Å². The summed E-state index contributed by atoms with van der Waals surface area (Å²) < 4.78 is 45.0. The van der Waals surface area contributed by atoms with E-state index in [1.54, 1.807) is 24.3 Å². The first-order valence-corrected chi connectivity index (χ1v) is 8.90.